The molecule has 1 aromatic rings. The molecule has 2 aliphatic heterocycles. The number of nitrogens with one attached hydrogen (secondary N) is 2. The molecule has 5 nitrogen and oxygen atoms in total. The number of amides is 1. The summed E-state index contributed by atoms with van der Waals surface area (Å²) in [5.74, 6) is 3.99. The number of halogens is 1. The second-order valence-corrected chi connectivity index (χ2v) is 8.77. The van der Waals surface area contributed by atoms with Crippen molar-refractivity contribution in [2.45, 2.75) is 50.0 Å². The van der Waals surface area contributed by atoms with Gasteiger partial charge in [0, 0.05) is 42.5 Å². The number of hydrogen-bond donors (Lipinski definition) is 2. The van der Waals surface area contributed by atoms with E-state index in [1.807, 2.05) is 17.8 Å². The van der Waals surface area contributed by atoms with Gasteiger partial charge in [0.2, 0.25) is 12.7 Å². The summed E-state index contributed by atoms with van der Waals surface area (Å²) in [5, 5.41) is 6.69. The van der Waals surface area contributed by atoms with Gasteiger partial charge in [0.05, 0.1) is 0 Å². The maximum Gasteiger partial charge on any atom is 0.231 e. The van der Waals surface area contributed by atoms with Crippen LogP contribution in [0.15, 0.2) is 18.2 Å². The number of carbonyl (C=O) groups is 1. The Labute approximate surface area is 171 Å². The summed E-state index contributed by atoms with van der Waals surface area (Å²) in [4.78, 5) is 12.5. The summed E-state index contributed by atoms with van der Waals surface area (Å²) in [6.07, 6.45) is 6.51. The van der Waals surface area contributed by atoms with Gasteiger partial charge in [-0.3, -0.25) is 4.79 Å². The molecule has 1 amide bonds. The van der Waals surface area contributed by atoms with Crippen LogP contribution < -0.4 is 20.1 Å². The average Bonchev–Trinajstić information content (AvgIpc) is 3.16. The van der Waals surface area contributed by atoms with Crippen molar-refractivity contribution < 1.29 is 14.3 Å². The lowest BCUT2D eigenvalue weighted by molar-refractivity contribution is -0.121. The summed E-state index contributed by atoms with van der Waals surface area (Å²) < 4.78 is 11.0. The molecular weight excluding hydrogens is 384 g/mol. The van der Waals surface area contributed by atoms with Crippen molar-refractivity contribution >= 4 is 30.1 Å². The van der Waals surface area contributed by atoms with Crippen LogP contribution in [-0.4, -0.2) is 43.3 Å². The lowest BCUT2D eigenvalue weighted by atomic mass is 9.69. The molecule has 2 N–H and O–H groups in total. The van der Waals surface area contributed by atoms with Crippen LogP contribution >= 0.6 is 24.2 Å². The molecule has 4 rings (SSSR count). The molecule has 3 aliphatic rings. The topological polar surface area (TPSA) is 59.6 Å². The first-order valence-corrected chi connectivity index (χ1v) is 10.9. The Morgan fingerprint density at radius 2 is 2.04 bits per heavy atom. The van der Waals surface area contributed by atoms with Crippen LogP contribution in [0.2, 0.25) is 0 Å². The van der Waals surface area contributed by atoms with Gasteiger partial charge in [-0.05, 0) is 30.5 Å². The molecule has 150 valence electrons. The van der Waals surface area contributed by atoms with E-state index in [0.717, 1.165) is 42.4 Å². The molecule has 1 atom stereocenters. The first kappa shape index (κ1) is 20.6. The lowest BCUT2D eigenvalue weighted by Crippen LogP contribution is -2.45. The average molecular weight is 413 g/mol. The number of fused-ring (bicyclic) bond motifs is 1. The van der Waals surface area contributed by atoms with Gasteiger partial charge in [-0.2, -0.15) is 11.8 Å². The maximum absolute atomic E-state index is 12.5. The van der Waals surface area contributed by atoms with E-state index in [0.29, 0.717) is 25.8 Å². The minimum atomic E-state index is 0. The molecule has 27 heavy (non-hydrogen) atoms. The number of hydrogen-bond acceptors (Lipinski definition) is 5. The highest BCUT2D eigenvalue weighted by Gasteiger charge is 2.35. The van der Waals surface area contributed by atoms with Crippen LogP contribution in [-0.2, 0) is 10.2 Å². The fraction of sp³-hybridized carbons (Fsp3) is 0.650. The summed E-state index contributed by atoms with van der Waals surface area (Å²) in [5.41, 5.74) is 1.29. The molecule has 1 aromatic carbocycles. The van der Waals surface area contributed by atoms with Crippen molar-refractivity contribution in [3.8, 4) is 11.5 Å². The van der Waals surface area contributed by atoms with E-state index in [1.54, 1.807) is 0 Å². The second-order valence-electron chi connectivity index (χ2n) is 7.62. The standard InChI is InChI=1S/C20H28N2O3S.ClH/c23-19(11-16-12-26-9-8-21-16)22-13-20(6-2-1-3-7-20)15-4-5-17-18(10-15)25-14-24-17;/h4-5,10,16,21H,1-3,6-9,11-14H2,(H,22,23);1H. The van der Waals surface area contributed by atoms with Gasteiger partial charge in [-0.25, -0.2) is 0 Å². The summed E-state index contributed by atoms with van der Waals surface area (Å²) in [6.45, 7) is 2.02. The zero-order chi connectivity index (χ0) is 17.8. The lowest BCUT2D eigenvalue weighted by Gasteiger charge is -2.38. The van der Waals surface area contributed by atoms with Crippen LogP contribution in [0.25, 0.3) is 0 Å². The zero-order valence-corrected chi connectivity index (χ0v) is 17.3. The molecule has 2 heterocycles. The Balaban J connectivity index is 0.00000210. The van der Waals surface area contributed by atoms with Crippen LogP contribution in [0, 0.1) is 0 Å². The highest BCUT2D eigenvalue weighted by atomic mass is 35.5. The first-order chi connectivity index (χ1) is 12.8. The molecule has 1 saturated heterocycles. The van der Waals surface area contributed by atoms with E-state index in [2.05, 4.69) is 22.8 Å². The summed E-state index contributed by atoms with van der Waals surface area (Å²) in [6, 6.07) is 6.60. The van der Waals surface area contributed by atoms with Crippen molar-refractivity contribution in [2.75, 3.05) is 31.4 Å². The van der Waals surface area contributed by atoms with Crippen molar-refractivity contribution in [1.29, 1.82) is 0 Å². The fourth-order valence-corrected chi connectivity index (χ4v) is 5.29. The Kier molecular flexibility index (Phi) is 7.17. The third kappa shape index (κ3) is 4.84. The Bertz CT molecular complexity index is 646. The second kappa shape index (κ2) is 9.39. The summed E-state index contributed by atoms with van der Waals surface area (Å²) in [7, 11) is 0. The molecule has 0 spiro atoms. The van der Waals surface area contributed by atoms with Gasteiger partial charge in [0.15, 0.2) is 11.5 Å². The van der Waals surface area contributed by atoms with Gasteiger partial charge in [-0.1, -0.05) is 25.3 Å². The van der Waals surface area contributed by atoms with Gasteiger partial charge in [0.25, 0.3) is 0 Å². The highest BCUT2D eigenvalue weighted by molar-refractivity contribution is 7.99. The highest BCUT2D eigenvalue weighted by Crippen LogP contribution is 2.43. The predicted octanol–water partition coefficient (Wildman–Crippen LogP) is 3.25. The molecular formula is C20H29ClN2O3S. The molecule has 1 aliphatic carbocycles. The van der Waals surface area contributed by atoms with Crippen molar-refractivity contribution in [3.05, 3.63) is 23.8 Å². The Morgan fingerprint density at radius 1 is 1.22 bits per heavy atom. The largest absolute Gasteiger partial charge is 0.454 e. The van der Waals surface area contributed by atoms with E-state index >= 15 is 0 Å². The van der Waals surface area contributed by atoms with Crippen LogP contribution in [0.3, 0.4) is 0 Å². The van der Waals surface area contributed by atoms with Crippen LogP contribution in [0.4, 0.5) is 0 Å². The Hall–Kier alpha value is -1.11. The summed E-state index contributed by atoms with van der Waals surface area (Å²) >= 11 is 1.93. The van der Waals surface area contributed by atoms with Crippen molar-refractivity contribution in [3.63, 3.8) is 0 Å². The smallest absolute Gasteiger partial charge is 0.231 e. The molecule has 1 unspecified atom stereocenters. The minimum absolute atomic E-state index is 0. The number of benzene rings is 1. The normalized spacial score (nSPS) is 23.3. The maximum atomic E-state index is 12.5. The molecule has 2 fully saturated rings. The van der Waals surface area contributed by atoms with Crippen molar-refractivity contribution in [1.82, 2.24) is 10.6 Å². The molecule has 0 radical (unpaired) electrons. The van der Waals surface area contributed by atoms with Crippen LogP contribution in [0.1, 0.15) is 44.1 Å². The predicted molar refractivity (Wildman–Crippen MR) is 111 cm³/mol. The van der Waals surface area contributed by atoms with E-state index in [-0.39, 0.29) is 23.7 Å². The Morgan fingerprint density at radius 3 is 2.81 bits per heavy atom. The van der Waals surface area contributed by atoms with Crippen molar-refractivity contribution in [2.24, 2.45) is 0 Å². The van der Waals surface area contributed by atoms with Gasteiger partial charge in [-0.15, -0.1) is 12.4 Å². The number of thioether (sulfide) groups is 1. The third-order valence-electron chi connectivity index (χ3n) is 5.85. The molecule has 1 saturated carbocycles. The van der Waals surface area contributed by atoms with E-state index in [9.17, 15) is 4.79 Å². The van der Waals surface area contributed by atoms with Gasteiger partial charge in [0.1, 0.15) is 0 Å². The zero-order valence-electron chi connectivity index (χ0n) is 15.6. The molecule has 0 aromatic heterocycles. The van der Waals surface area contributed by atoms with Gasteiger partial charge < -0.3 is 20.1 Å². The first-order valence-electron chi connectivity index (χ1n) is 9.73. The molecule has 0 bridgehead atoms. The van der Waals surface area contributed by atoms with Crippen LogP contribution in [0.5, 0.6) is 11.5 Å². The fourth-order valence-electron chi connectivity index (χ4n) is 4.34. The third-order valence-corrected chi connectivity index (χ3v) is 6.98. The monoisotopic (exact) mass is 412 g/mol. The van der Waals surface area contributed by atoms with E-state index in [4.69, 9.17) is 9.47 Å². The van der Waals surface area contributed by atoms with Gasteiger partial charge >= 0.3 is 0 Å². The van der Waals surface area contributed by atoms with E-state index < -0.39 is 0 Å². The number of carbonyl (C=O) groups excluding carboxylic acids is 1. The van der Waals surface area contributed by atoms with E-state index in [1.165, 1.54) is 24.8 Å². The SMILES string of the molecule is Cl.O=C(CC1CSCCN1)NCC1(c2ccc3c(c2)OCO3)CCCCC1. The quantitative estimate of drug-likeness (QED) is 0.777. The molecule has 7 heteroatoms. The number of ether oxygens (including phenoxy) is 2. The number of rotatable bonds is 5. The minimum Gasteiger partial charge on any atom is -0.454 e.